The van der Waals surface area contributed by atoms with Crippen LogP contribution in [0.15, 0.2) is 24.3 Å². The van der Waals surface area contributed by atoms with Crippen LogP contribution in [0.3, 0.4) is 0 Å². The third kappa shape index (κ3) is 6.03. The van der Waals surface area contributed by atoms with Gasteiger partial charge in [-0.3, -0.25) is 9.69 Å². The van der Waals surface area contributed by atoms with Crippen LogP contribution < -0.4 is 10.1 Å². The summed E-state index contributed by atoms with van der Waals surface area (Å²) in [6, 6.07) is 8.36. The second-order valence-electron chi connectivity index (χ2n) is 7.01. The molecule has 0 aliphatic heterocycles. The molecule has 1 amide bonds. The predicted octanol–water partition coefficient (Wildman–Crippen LogP) is 4.16. The average Bonchev–Trinajstić information content (AvgIpc) is 3.17. The van der Waals surface area contributed by atoms with E-state index in [-0.39, 0.29) is 11.9 Å². The monoisotopic (exact) mass is 346 g/mol. The molecule has 4 nitrogen and oxygen atoms in total. The quantitative estimate of drug-likeness (QED) is 0.691. The fourth-order valence-corrected chi connectivity index (χ4v) is 3.90. The number of amides is 1. The number of methoxy groups -OCH3 is 1. The number of nitrogens with zero attached hydrogens (tertiary/aromatic N) is 1. The number of hydrogen-bond donors (Lipinski definition) is 1. The first-order valence-corrected chi connectivity index (χ1v) is 9.82. The molecule has 0 bridgehead atoms. The standard InChI is InChI=1S/C21H34N2O2/c1-4-23(5-2)20(18-11-8-12-19(15-18)25-3)16-22-21(24)14-13-17-9-6-7-10-17/h8,11-12,15,17,20H,4-7,9-10,13-14,16H2,1-3H3,(H,22,24). The number of likely N-dealkylation sites (N-methyl/N-ethyl adjacent to an activating group) is 1. The molecule has 0 saturated heterocycles. The van der Waals surface area contributed by atoms with Crippen LogP contribution in [0.1, 0.15) is 64.0 Å². The van der Waals surface area contributed by atoms with E-state index in [2.05, 4.69) is 36.2 Å². The van der Waals surface area contributed by atoms with Crippen molar-refractivity contribution in [3.05, 3.63) is 29.8 Å². The number of carbonyl (C=O) groups is 1. The molecule has 1 fully saturated rings. The lowest BCUT2D eigenvalue weighted by molar-refractivity contribution is -0.121. The van der Waals surface area contributed by atoms with Crippen molar-refractivity contribution >= 4 is 5.91 Å². The van der Waals surface area contributed by atoms with E-state index in [9.17, 15) is 4.79 Å². The van der Waals surface area contributed by atoms with E-state index in [0.717, 1.165) is 31.2 Å². The van der Waals surface area contributed by atoms with Gasteiger partial charge < -0.3 is 10.1 Å². The van der Waals surface area contributed by atoms with Crippen molar-refractivity contribution in [2.45, 2.75) is 58.4 Å². The van der Waals surface area contributed by atoms with E-state index in [0.29, 0.717) is 13.0 Å². The van der Waals surface area contributed by atoms with Crippen molar-refractivity contribution in [1.82, 2.24) is 10.2 Å². The van der Waals surface area contributed by atoms with E-state index >= 15 is 0 Å². The topological polar surface area (TPSA) is 41.6 Å². The van der Waals surface area contributed by atoms with Crippen LogP contribution in [0, 0.1) is 5.92 Å². The minimum absolute atomic E-state index is 0.181. The first-order valence-electron chi connectivity index (χ1n) is 9.82. The van der Waals surface area contributed by atoms with Crippen LogP contribution in [0.5, 0.6) is 5.75 Å². The van der Waals surface area contributed by atoms with E-state index in [4.69, 9.17) is 4.74 Å². The molecule has 4 heteroatoms. The highest BCUT2D eigenvalue weighted by molar-refractivity contribution is 5.75. The minimum Gasteiger partial charge on any atom is -0.497 e. The van der Waals surface area contributed by atoms with Crippen LogP contribution in [-0.2, 0) is 4.79 Å². The van der Waals surface area contributed by atoms with Crippen molar-refractivity contribution < 1.29 is 9.53 Å². The first-order chi connectivity index (χ1) is 12.2. The van der Waals surface area contributed by atoms with Crippen molar-refractivity contribution in [3.63, 3.8) is 0 Å². The lowest BCUT2D eigenvalue weighted by Crippen LogP contribution is -2.38. The van der Waals surface area contributed by atoms with Crippen LogP contribution in [0.4, 0.5) is 0 Å². The molecule has 0 aromatic heterocycles. The average molecular weight is 347 g/mol. The van der Waals surface area contributed by atoms with E-state index in [1.54, 1.807) is 7.11 Å². The number of nitrogens with one attached hydrogen (secondary N) is 1. The van der Waals surface area contributed by atoms with Crippen LogP contribution in [-0.4, -0.2) is 37.6 Å². The van der Waals surface area contributed by atoms with Crippen LogP contribution in [0.25, 0.3) is 0 Å². The molecular weight excluding hydrogens is 312 g/mol. The van der Waals surface area contributed by atoms with Crippen molar-refractivity contribution in [2.24, 2.45) is 5.92 Å². The summed E-state index contributed by atoms with van der Waals surface area (Å²) in [5, 5.41) is 3.17. The highest BCUT2D eigenvalue weighted by atomic mass is 16.5. The second kappa shape index (κ2) is 10.4. The van der Waals surface area contributed by atoms with Gasteiger partial charge in [0.05, 0.1) is 13.2 Å². The van der Waals surface area contributed by atoms with Crippen LogP contribution >= 0.6 is 0 Å². The number of rotatable bonds is 10. The summed E-state index contributed by atoms with van der Waals surface area (Å²) in [4.78, 5) is 14.7. The summed E-state index contributed by atoms with van der Waals surface area (Å²) in [6.45, 7) is 6.89. The van der Waals surface area contributed by atoms with Gasteiger partial charge in [-0.25, -0.2) is 0 Å². The Balaban J connectivity index is 1.94. The van der Waals surface area contributed by atoms with Gasteiger partial charge in [-0.15, -0.1) is 0 Å². The van der Waals surface area contributed by atoms with Crippen molar-refractivity contribution in [2.75, 3.05) is 26.7 Å². The summed E-state index contributed by atoms with van der Waals surface area (Å²) >= 11 is 0. The first kappa shape index (κ1) is 19.8. The normalized spacial score (nSPS) is 16.2. The zero-order chi connectivity index (χ0) is 18.1. The van der Waals surface area contributed by atoms with Gasteiger partial charge in [0.25, 0.3) is 0 Å². The maximum absolute atomic E-state index is 12.3. The summed E-state index contributed by atoms with van der Waals surface area (Å²) < 4.78 is 5.37. The Hall–Kier alpha value is -1.55. The Bertz CT molecular complexity index is 522. The fraction of sp³-hybridized carbons (Fsp3) is 0.667. The number of carbonyl (C=O) groups excluding carboxylic acids is 1. The maximum atomic E-state index is 12.3. The summed E-state index contributed by atoms with van der Waals surface area (Å²) in [5.74, 6) is 1.82. The summed E-state index contributed by atoms with van der Waals surface area (Å²) in [6.07, 6.45) is 6.99. The van der Waals surface area contributed by atoms with Gasteiger partial charge >= 0.3 is 0 Å². The molecule has 140 valence electrons. The van der Waals surface area contributed by atoms with E-state index in [1.165, 1.54) is 31.2 Å². The van der Waals surface area contributed by atoms with Crippen molar-refractivity contribution in [3.8, 4) is 5.75 Å². The minimum atomic E-state index is 0.181. The molecule has 0 spiro atoms. The van der Waals surface area contributed by atoms with Crippen LogP contribution in [0.2, 0.25) is 0 Å². The molecule has 1 aliphatic carbocycles. The van der Waals surface area contributed by atoms with Gasteiger partial charge in [0, 0.05) is 13.0 Å². The molecule has 1 unspecified atom stereocenters. The van der Waals surface area contributed by atoms with Gasteiger partial charge in [0.1, 0.15) is 5.75 Å². The summed E-state index contributed by atoms with van der Waals surface area (Å²) in [5.41, 5.74) is 1.19. The maximum Gasteiger partial charge on any atom is 0.220 e. The molecule has 1 aliphatic rings. The molecule has 1 N–H and O–H groups in total. The Kier molecular flexibility index (Phi) is 8.26. The summed E-state index contributed by atoms with van der Waals surface area (Å²) in [7, 11) is 1.69. The number of benzene rings is 1. The van der Waals surface area contributed by atoms with E-state index < -0.39 is 0 Å². The van der Waals surface area contributed by atoms with Crippen molar-refractivity contribution in [1.29, 1.82) is 0 Å². The molecule has 0 heterocycles. The molecular formula is C21H34N2O2. The van der Waals surface area contributed by atoms with Gasteiger partial charge in [0.2, 0.25) is 5.91 Å². The molecule has 25 heavy (non-hydrogen) atoms. The SMILES string of the molecule is CCN(CC)C(CNC(=O)CCC1CCCC1)c1cccc(OC)c1. The zero-order valence-electron chi connectivity index (χ0n) is 16.1. The molecule has 2 rings (SSSR count). The highest BCUT2D eigenvalue weighted by Crippen LogP contribution is 2.28. The largest absolute Gasteiger partial charge is 0.497 e. The Morgan fingerprint density at radius 1 is 1.28 bits per heavy atom. The third-order valence-corrected chi connectivity index (χ3v) is 5.48. The molecule has 1 atom stereocenters. The number of ether oxygens (including phenoxy) is 1. The Morgan fingerprint density at radius 2 is 2.00 bits per heavy atom. The fourth-order valence-electron chi connectivity index (χ4n) is 3.90. The molecule has 1 saturated carbocycles. The Morgan fingerprint density at radius 3 is 2.64 bits per heavy atom. The molecule has 1 aromatic carbocycles. The van der Waals surface area contributed by atoms with Gasteiger partial charge in [-0.05, 0) is 43.1 Å². The molecule has 1 aromatic rings. The predicted molar refractivity (Wildman–Crippen MR) is 103 cm³/mol. The smallest absolute Gasteiger partial charge is 0.220 e. The third-order valence-electron chi connectivity index (χ3n) is 5.48. The van der Waals surface area contributed by atoms with Gasteiger partial charge in [-0.2, -0.15) is 0 Å². The zero-order valence-corrected chi connectivity index (χ0v) is 16.1. The number of hydrogen-bond acceptors (Lipinski definition) is 3. The Labute approximate surface area is 152 Å². The lowest BCUT2D eigenvalue weighted by atomic mass is 10.0. The van der Waals surface area contributed by atoms with E-state index in [1.807, 2.05) is 12.1 Å². The molecule has 0 radical (unpaired) electrons. The second-order valence-corrected chi connectivity index (χ2v) is 7.01. The van der Waals surface area contributed by atoms with Gasteiger partial charge in [0.15, 0.2) is 0 Å². The highest BCUT2D eigenvalue weighted by Gasteiger charge is 2.20. The lowest BCUT2D eigenvalue weighted by Gasteiger charge is -2.30. The van der Waals surface area contributed by atoms with Gasteiger partial charge in [-0.1, -0.05) is 51.7 Å².